The average Bonchev–Trinajstić information content (AvgIpc) is 3.04. The maximum Gasteiger partial charge on any atom is 1.00 e. The maximum atomic E-state index is 11.9. The van der Waals surface area contributed by atoms with E-state index in [9.17, 15) is 14.7 Å². The summed E-state index contributed by atoms with van der Waals surface area (Å²) in [4.78, 5) is 35.0. The number of alkyl halides is 3. The Bertz CT molecular complexity index is 1640. The van der Waals surface area contributed by atoms with Crippen LogP contribution in [0.3, 0.4) is 0 Å². The van der Waals surface area contributed by atoms with Crippen molar-refractivity contribution < 1.29 is 148 Å². The predicted octanol–water partition coefficient (Wildman–Crippen LogP) is 2.87. The molecule has 51 heavy (non-hydrogen) atoms. The summed E-state index contributed by atoms with van der Waals surface area (Å²) in [5, 5.41) is 27.8. The molecule has 0 heterocycles. The van der Waals surface area contributed by atoms with E-state index in [1.54, 1.807) is 24.3 Å². The molecule has 0 aromatic heterocycles. The molecule has 0 saturated heterocycles. The van der Waals surface area contributed by atoms with Gasteiger partial charge in [-0.1, -0.05) is 64.5 Å². The number of carbonyl (C=O) groups is 3. The van der Waals surface area contributed by atoms with Gasteiger partial charge in [-0.25, -0.2) is 9.59 Å². The summed E-state index contributed by atoms with van der Waals surface area (Å²) in [5.41, 5.74) is 0.214. The Morgan fingerprint density at radius 3 is 1.55 bits per heavy atom. The number of nitrogens with one attached hydrogen (secondary N) is 2. The summed E-state index contributed by atoms with van der Waals surface area (Å²) in [6, 6.07) is 21.8. The van der Waals surface area contributed by atoms with E-state index in [0.717, 1.165) is 27.2 Å². The van der Waals surface area contributed by atoms with Crippen molar-refractivity contribution in [2.45, 2.75) is 52.7 Å². The van der Waals surface area contributed by atoms with Gasteiger partial charge in [0.1, 0.15) is 29.3 Å². The fourth-order valence-corrected chi connectivity index (χ4v) is 3.95. The van der Waals surface area contributed by atoms with Gasteiger partial charge < -0.3 is 30.9 Å². The van der Waals surface area contributed by atoms with Crippen LogP contribution in [-0.2, 0) is 19.2 Å². The van der Waals surface area contributed by atoms with E-state index in [0.29, 0.717) is 35.1 Å². The molecule has 0 fully saturated rings. The van der Waals surface area contributed by atoms with Crippen molar-refractivity contribution in [3.05, 3.63) is 72.8 Å². The fraction of sp³-hybridized carbons (Fsp3) is 0.343. The zero-order chi connectivity index (χ0) is 37.0. The van der Waals surface area contributed by atoms with Crippen molar-refractivity contribution in [1.29, 1.82) is 0 Å². The van der Waals surface area contributed by atoms with Crippen molar-refractivity contribution in [3.63, 3.8) is 0 Å². The molecule has 4 aromatic rings. The minimum absolute atomic E-state index is 0. The van der Waals surface area contributed by atoms with Crippen LogP contribution in [0.4, 0.5) is 21.0 Å². The molecule has 0 radical (unpaired) electrons. The fourth-order valence-electron chi connectivity index (χ4n) is 3.87. The van der Waals surface area contributed by atoms with Gasteiger partial charge in [-0.05, 0) is 65.8 Å². The third-order valence-corrected chi connectivity index (χ3v) is 6.70. The summed E-state index contributed by atoms with van der Waals surface area (Å²) in [5.74, 6) is 2.06. The third kappa shape index (κ3) is 21.7. The van der Waals surface area contributed by atoms with Crippen LogP contribution in [0, 0.1) is 0 Å². The molecular formula is C35H43BrCl2K2N2O9. The predicted molar refractivity (Wildman–Crippen MR) is 198 cm³/mol. The van der Waals surface area contributed by atoms with Crippen LogP contribution in [0.5, 0.6) is 11.5 Å². The van der Waals surface area contributed by atoms with E-state index in [1.807, 2.05) is 90.1 Å². The number of rotatable bonds is 7. The molecule has 0 unspecified atom stereocenters. The number of ether oxygens (including phenoxy) is 3. The minimum Gasteiger partial charge on any atom is -1.00 e. The Hall–Kier alpha value is -0.697. The zero-order valence-corrected chi connectivity index (χ0v) is 39.5. The largest absolute Gasteiger partial charge is 1.00 e. The first-order valence-corrected chi connectivity index (χ1v) is 17.0. The Kier molecular flexibility index (Phi) is 28.6. The number of amides is 2. The molecule has 2 amide bonds. The second-order valence-electron chi connectivity index (χ2n) is 11.7. The summed E-state index contributed by atoms with van der Waals surface area (Å²) in [7, 11) is 0. The van der Waals surface area contributed by atoms with Crippen LogP contribution in [0.2, 0.25) is 0 Å². The van der Waals surface area contributed by atoms with E-state index in [1.165, 1.54) is 0 Å². The van der Waals surface area contributed by atoms with Crippen molar-refractivity contribution in [1.82, 2.24) is 0 Å². The second-order valence-corrected chi connectivity index (χ2v) is 13.2. The standard InChI is InChI=1S/C17H20ClNO3.C15H17NO3.C2H4BrCl.CH2O3.2K.H/c1-17(2,3)22-16(20)19-14-8-9-15(21-11-10-18)13-7-5-4-6-12(13)14;1-15(2,3)19-14(18)16-12-8-9-13(17)11-7-5-4-6-10(11)12;3-1-2-4;2-1-4-3;;;/h4-9H,10-11H2,1-3H3,(H,19,20);4-9,17H,1-3H3,(H,16,18);1-2H2;1,3H;;;/q;;;;2*+1;-1/p-1. The molecule has 0 atom stereocenters. The molecule has 270 valence electrons. The molecule has 4 rings (SSSR count). The Labute approximate surface area is 404 Å². The van der Waals surface area contributed by atoms with Gasteiger partial charge >= 0.3 is 115 Å². The van der Waals surface area contributed by atoms with Gasteiger partial charge in [0.2, 0.25) is 0 Å². The SMILES string of the molecule is CC(C)(C)OC(=O)Nc1ccc(O)c2ccccc12.CC(C)(C)OC(=O)Nc1ccc(OCCCl)c2ccccc12.ClCCBr.O=CO[O-].[H-].[K+].[K+]. The van der Waals surface area contributed by atoms with Crippen LogP contribution in [0.25, 0.3) is 21.5 Å². The van der Waals surface area contributed by atoms with Crippen LogP contribution in [0.1, 0.15) is 43.0 Å². The Morgan fingerprint density at radius 1 is 0.765 bits per heavy atom. The molecule has 11 nitrogen and oxygen atoms in total. The van der Waals surface area contributed by atoms with Crippen molar-refractivity contribution in [2.24, 2.45) is 0 Å². The van der Waals surface area contributed by atoms with Gasteiger partial charge in [-0.2, -0.15) is 0 Å². The quantitative estimate of drug-likeness (QED) is 0.0636. The first-order chi connectivity index (χ1) is 23.1. The molecule has 0 aliphatic carbocycles. The van der Waals surface area contributed by atoms with E-state index in [2.05, 4.69) is 31.5 Å². The normalized spacial score (nSPS) is 10.1. The molecule has 3 N–H and O–H groups in total. The molecule has 0 aliphatic rings. The number of hydrogen-bond acceptors (Lipinski definition) is 9. The van der Waals surface area contributed by atoms with E-state index in [-0.39, 0.29) is 116 Å². The number of benzene rings is 4. The number of carbonyl (C=O) groups excluding carboxylic acids is 3. The molecule has 0 spiro atoms. The molecule has 0 bridgehead atoms. The second kappa shape index (κ2) is 27.8. The van der Waals surface area contributed by atoms with Gasteiger partial charge in [-0.3, -0.25) is 15.4 Å². The molecular weight excluding hydrogens is 821 g/mol. The summed E-state index contributed by atoms with van der Waals surface area (Å²) >= 11 is 13.9. The van der Waals surface area contributed by atoms with Gasteiger partial charge in [0, 0.05) is 32.8 Å². The van der Waals surface area contributed by atoms with Gasteiger partial charge in [0.15, 0.2) is 0 Å². The number of fused-ring (bicyclic) bond motifs is 2. The van der Waals surface area contributed by atoms with E-state index in [4.69, 9.17) is 47.5 Å². The third-order valence-electron chi connectivity index (χ3n) is 5.50. The Morgan fingerprint density at radius 2 is 1.16 bits per heavy atom. The summed E-state index contributed by atoms with van der Waals surface area (Å²) < 4.78 is 16.1. The molecule has 16 heteroatoms. The summed E-state index contributed by atoms with van der Waals surface area (Å²) in [6.45, 7) is 11.2. The molecule has 0 saturated carbocycles. The minimum atomic E-state index is -0.545. The van der Waals surface area contributed by atoms with Crippen LogP contribution < -0.4 is 123 Å². The van der Waals surface area contributed by atoms with Crippen LogP contribution >= 0.6 is 39.1 Å². The van der Waals surface area contributed by atoms with Crippen molar-refractivity contribution in [2.75, 3.05) is 34.3 Å². The van der Waals surface area contributed by atoms with Crippen molar-refractivity contribution >= 4 is 90.7 Å². The monoisotopic (exact) mass is 862 g/mol. The number of phenolic OH excluding ortho intramolecular Hbond substituents is 1. The number of hydrogen-bond donors (Lipinski definition) is 3. The summed E-state index contributed by atoms with van der Waals surface area (Å²) in [6.07, 6.45) is -0.990. The van der Waals surface area contributed by atoms with Gasteiger partial charge in [-0.15, -0.1) is 23.2 Å². The molecule has 4 aromatic carbocycles. The average molecular weight is 865 g/mol. The van der Waals surface area contributed by atoms with Gasteiger partial charge in [0.05, 0.1) is 17.3 Å². The van der Waals surface area contributed by atoms with Crippen molar-refractivity contribution in [3.8, 4) is 11.5 Å². The van der Waals surface area contributed by atoms with Crippen LogP contribution in [-0.4, -0.2) is 58.7 Å². The number of aromatic hydroxyl groups is 1. The van der Waals surface area contributed by atoms with E-state index < -0.39 is 23.4 Å². The van der Waals surface area contributed by atoms with Crippen LogP contribution in [0.15, 0.2) is 72.8 Å². The number of anilines is 2. The first kappa shape index (κ1) is 52.4. The first-order valence-electron chi connectivity index (χ1n) is 14.9. The smallest absolute Gasteiger partial charge is 1.00 e. The molecule has 0 aliphatic heterocycles. The Balaban J connectivity index is -0.000000734. The zero-order valence-electron chi connectivity index (χ0n) is 31.2. The number of halogens is 3. The van der Waals surface area contributed by atoms with E-state index >= 15 is 0 Å². The maximum absolute atomic E-state index is 11.9. The topological polar surface area (TPSA) is 155 Å². The number of phenols is 1. The van der Waals surface area contributed by atoms with Gasteiger partial charge in [0.25, 0.3) is 6.47 Å².